The van der Waals surface area contributed by atoms with Gasteiger partial charge in [-0.1, -0.05) is 22.6 Å². The number of amides is 3. The molecule has 0 aromatic carbocycles. The number of alkyl halides is 1. The van der Waals surface area contributed by atoms with E-state index < -0.39 is 6.03 Å². The molecule has 0 bridgehead atoms. The molecule has 3 amide bonds. The molecule has 2 N–H and O–H groups in total. The molecular formula is C4H7IN2O2. The zero-order chi connectivity index (χ0) is 7.44. The molecule has 0 aliphatic rings. The number of hydrogen-bond donors (Lipinski definition) is 1. The van der Waals surface area contributed by atoms with E-state index in [2.05, 4.69) is 0 Å². The Balaban J connectivity index is 3.88. The van der Waals surface area contributed by atoms with E-state index >= 15 is 0 Å². The van der Waals surface area contributed by atoms with Gasteiger partial charge in [-0.15, -0.1) is 0 Å². The molecule has 0 fully saturated rings. The number of nitrogens with zero attached hydrogens (tertiary/aromatic N) is 1. The van der Waals surface area contributed by atoms with Crippen molar-refractivity contribution in [2.24, 2.45) is 5.73 Å². The molecule has 5 heteroatoms. The van der Waals surface area contributed by atoms with Crippen LogP contribution in [0.25, 0.3) is 0 Å². The van der Waals surface area contributed by atoms with Crippen LogP contribution in [0.3, 0.4) is 0 Å². The number of carbonyl (C=O) groups is 2. The Morgan fingerprint density at radius 2 is 2.11 bits per heavy atom. The minimum absolute atomic E-state index is 0.275. The van der Waals surface area contributed by atoms with Crippen LogP contribution in [0.5, 0.6) is 0 Å². The number of primary amides is 1. The first kappa shape index (κ1) is 8.67. The van der Waals surface area contributed by atoms with E-state index in [0.717, 1.165) is 4.90 Å². The molecule has 0 unspecified atom stereocenters. The van der Waals surface area contributed by atoms with Gasteiger partial charge in [-0.05, 0) is 0 Å². The summed E-state index contributed by atoms with van der Waals surface area (Å²) in [7, 11) is 1.35. The molecule has 0 aromatic rings. The molecule has 0 aliphatic carbocycles. The first-order valence-electron chi connectivity index (χ1n) is 2.21. The van der Waals surface area contributed by atoms with Crippen molar-refractivity contribution in [2.45, 2.75) is 0 Å². The summed E-state index contributed by atoms with van der Waals surface area (Å²) in [6.45, 7) is 0. The monoisotopic (exact) mass is 242 g/mol. The van der Waals surface area contributed by atoms with E-state index in [1.165, 1.54) is 7.05 Å². The van der Waals surface area contributed by atoms with Gasteiger partial charge in [0.2, 0.25) is 5.91 Å². The third-order valence-electron chi connectivity index (χ3n) is 0.819. The maximum Gasteiger partial charge on any atom is 0.321 e. The molecule has 9 heavy (non-hydrogen) atoms. The van der Waals surface area contributed by atoms with Crippen LogP contribution < -0.4 is 5.73 Å². The summed E-state index contributed by atoms with van der Waals surface area (Å²) >= 11 is 1.86. The van der Waals surface area contributed by atoms with E-state index in [1.54, 1.807) is 0 Å². The van der Waals surface area contributed by atoms with Crippen LogP contribution in [0.1, 0.15) is 0 Å². The molecule has 0 saturated heterocycles. The largest absolute Gasteiger partial charge is 0.351 e. The third kappa shape index (κ3) is 2.64. The van der Waals surface area contributed by atoms with E-state index in [1.807, 2.05) is 22.6 Å². The van der Waals surface area contributed by atoms with Gasteiger partial charge in [-0.3, -0.25) is 9.69 Å². The van der Waals surface area contributed by atoms with Crippen LogP contribution in [-0.4, -0.2) is 28.3 Å². The molecule has 0 saturated carbocycles. The van der Waals surface area contributed by atoms with Crippen LogP contribution in [0.15, 0.2) is 0 Å². The summed E-state index contributed by atoms with van der Waals surface area (Å²) in [6, 6.07) is -0.711. The highest BCUT2D eigenvalue weighted by Crippen LogP contribution is 1.88. The van der Waals surface area contributed by atoms with E-state index in [-0.39, 0.29) is 10.3 Å². The van der Waals surface area contributed by atoms with Crippen molar-refractivity contribution in [1.82, 2.24) is 4.90 Å². The normalized spacial score (nSPS) is 8.67. The zero-order valence-electron chi connectivity index (χ0n) is 4.93. The maximum absolute atomic E-state index is 10.6. The molecule has 4 nitrogen and oxygen atoms in total. The standard InChI is InChI=1S/C4H7IN2O2/c1-7(4(6)9)3(8)2-5/h2H2,1H3,(H2,6,9). The van der Waals surface area contributed by atoms with Crippen molar-refractivity contribution in [3.8, 4) is 0 Å². The Morgan fingerprint density at radius 1 is 1.67 bits per heavy atom. The quantitative estimate of drug-likeness (QED) is 0.518. The molecule has 0 atom stereocenters. The highest BCUT2D eigenvalue weighted by molar-refractivity contribution is 14.1. The topological polar surface area (TPSA) is 63.4 Å². The number of urea groups is 1. The van der Waals surface area contributed by atoms with Gasteiger partial charge >= 0.3 is 6.03 Å². The Bertz CT molecular complexity index is 137. The van der Waals surface area contributed by atoms with Crippen molar-refractivity contribution in [1.29, 1.82) is 0 Å². The Hall–Kier alpha value is -0.330. The number of halogens is 1. The van der Waals surface area contributed by atoms with Gasteiger partial charge in [0.1, 0.15) is 0 Å². The number of hydrogen-bond acceptors (Lipinski definition) is 2. The lowest BCUT2D eigenvalue weighted by Gasteiger charge is -2.08. The van der Waals surface area contributed by atoms with Crippen LogP contribution in [0.4, 0.5) is 4.79 Å². The van der Waals surface area contributed by atoms with Gasteiger partial charge < -0.3 is 5.73 Å². The predicted molar refractivity (Wildman–Crippen MR) is 41.2 cm³/mol. The Kier molecular flexibility index (Phi) is 3.52. The minimum atomic E-state index is -0.711. The number of nitrogens with two attached hydrogens (primary N) is 1. The van der Waals surface area contributed by atoms with Crippen molar-refractivity contribution < 1.29 is 9.59 Å². The molecule has 52 valence electrons. The lowest BCUT2D eigenvalue weighted by atomic mass is 10.6. The molecule has 0 radical (unpaired) electrons. The molecule has 0 aromatic heterocycles. The second kappa shape index (κ2) is 3.65. The molecule has 0 heterocycles. The maximum atomic E-state index is 10.6. The number of rotatable bonds is 1. The molecule has 0 rings (SSSR count). The molecule has 0 aliphatic heterocycles. The van der Waals surface area contributed by atoms with E-state index in [0.29, 0.717) is 0 Å². The number of carbonyl (C=O) groups excluding carboxylic acids is 2. The van der Waals surface area contributed by atoms with Gasteiger partial charge in [0.05, 0.1) is 4.43 Å². The SMILES string of the molecule is CN(C(N)=O)C(=O)CI. The predicted octanol–water partition coefficient (Wildman–Crippen LogP) is -0.0415. The van der Waals surface area contributed by atoms with Gasteiger partial charge in [0, 0.05) is 7.05 Å². The van der Waals surface area contributed by atoms with E-state index in [9.17, 15) is 9.59 Å². The van der Waals surface area contributed by atoms with Crippen molar-refractivity contribution in [3.63, 3.8) is 0 Å². The minimum Gasteiger partial charge on any atom is -0.351 e. The van der Waals surface area contributed by atoms with Gasteiger partial charge in [0.15, 0.2) is 0 Å². The first-order chi connectivity index (χ1) is 4.09. The van der Waals surface area contributed by atoms with Crippen LogP contribution in [0, 0.1) is 0 Å². The summed E-state index contributed by atoms with van der Waals surface area (Å²) in [6.07, 6.45) is 0. The Morgan fingerprint density at radius 3 is 2.22 bits per heavy atom. The van der Waals surface area contributed by atoms with E-state index in [4.69, 9.17) is 5.73 Å². The van der Waals surface area contributed by atoms with Crippen molar-refractivity contribution in [3.05, 3.63) is 0 Å². The second-order valence-electron chi connectivity index (χ2n) is 1.42. The second-order valence-corrected chi connectivity index (χ2v) is 2.19. The van der Waals surface area contributed by atoms with Gasteiger partial charge in [-0.25, -0.2) is 4.79 Å². The fourth-order valence-electron chi connectivity index (χ4n) is 0.213. The van der Waals surface area contributed by atoms with Crippen LogP contribution >= 0.6 is 22.6 Å². The summed E-state index contributed by atoms with van der Waals surface area (Å²) in [5.41, 5.74) is 4.78. The average molecular weight is 242 g/mol. The lowest BCUT2D eigenvalue weighted by molar-refractivity contribution is -0.124. The van der Waals surface area contributed by atoms with Gasteiger partial charge in [0.25, 0.3) is 0 Å². The summed E-state index contributed by atoms with van der Waals surface area (Å²) in [4.78, 5) is 21.7. The smallest absolute Gasteiger partial charge is 0.321 e. The third-order valence-corrected chi connectivity index (χ3v) is 1.47. The highest BCUT2D eigenvalue weighted by atomic mass is 127. The van der Waals surface area contributed by atoms with Crippen LogP contribution in [-0.2, 0) is 4.79 Å². The van der Waals surface area contributed by atoms with Gasteiger partial charge in [-0.2, -0.15) is 0 Å². The molecular weight excluding hydrogens is 235 g/mol. The zero-order valence-corrected chi connectivity index (χ0v) is 7.08. The van der Waals surface area contributed by atoms with Crippen molar-refractivity contribution in [2.75, 3.05) is 11.5 Å². The van der Waals surface area contributed by atoms with Crippen LogP contribution in [0.2, 0.25) is 0 Å². The first-order valence-corrected chi connectivity index (χ1v) is 3.74. The summed E-state index contributed by atoms with van der Waals surface area (Å²) in [5.74, 6) is -0.275. The van der Waals surface area contributed by atoms with Crippen molar-refractivity contribution >= 4 is 34.5 Å². The lowest BCUT2D eigenvalue weighted by Crippen LogP contribution is -2.37. The average Bonchev–Trinajstić information content (AvgIpc) is 1.84. The molecule has 0 spiro atoms. The Labute approximate surface area is 66.5 Å². The summed E-state index contributed by atoms with van der Waals surface area (Å²) < 4.78 is 0.275. The fraction of sp³-hybridized carbons (Fsp3) is 0.500. The fourth-order valence-corrected chi connectivity index (χ4v) is 0.724. The highest BCUT2D eigenvalue weighted by Gasteiger charge is 2.10. The summed E-state index contributed by atoms with van der Waals surface area (Å²) in [5, 5.41) is 0. The number of imide groups is 1.